The Hall–Kier alpha value is -3.92. The van der Waals surface area contributed by atoms with E-state index in [1.807, 2.05) is 122 Å². The first-order valence-electron chi connectivity index (χ1n) is 9.83. The van der Waals surface area contributed by atoms with Crippen LogP contribution in [0.5, 0.6) is 0 Å². The van der Waals surface area contributed by atoms with Crippen LogP contribution in [0.4, 0.5) is 0 Å². The molecule has 4 aromatic rings. The Labute approximate surface area is 176 Å². The van der Waals surface area contributed by atoms with Crippen molar-refractivity contribution in [3.8, 4) is 22.5 Å². The van der Waals surface area contributed by atoms with Gasteiger partial charge in [-0.05, 0) is 6.07 Å². The molecular weight excluding hydrogens is 370 g/mol. The van der Waals surface area contributed by atoms with Crippen LogP contribution in [-0.4, -0.2) is 34.6 Å². The van der Waals surface area contributed by atoms with Crippen LogP contribution in [0.2, 0.25) is 0 Å². The predicted octanol–water partition coefficient (Wildman–Crippen LogP) is 5.46. The summed E-state index contributed by atoms with van der Waals surface area (Å²) >= 11 is 0. The molecule has 0 unspecified atom stereocenters. The van der Waals surface area contributed by atoms with Crippen LogP contribution >= 0.6 is 0 Å². The van der Waals surface area contributed by atoms with E-state index in [1.54, 1.807) is 4.68 Å². The Bertz CT molecular complexity index is 1160. The molecule has 0 bridgehead atoms. The Morgan fingerprint density at radius 2 is 1.33 bits per heavy atom. The van der Waals surface area contributed by atoms with E-state index in [-0.39, 0.29) is 5.78 Å². The van der Waals surface area contributed by atoms with Crippen molar-refractivity contribution in [1.29, 1.82) is 0 Å². The van der Waals surface area contributed by atoms with Crippen LogP contribution in [0, 0.1) is 0 Å². The number of hydrogen-bond donors (Lipinski definition) is 0. The number of carbonyl (C=O) groups is 1. The van der Waals surface area contributed by atoms with Crippen molar-refractivity contribution < 1.29 is 4.79 Å². The average Bonchev–Trinajstić information content (AvgIpc) is 3.24. The molecular formula is C26H23N3O. The molecule has 0 aliphatic rings. The van der Waals surface area contributed by atoms with Gasteiger partial charge in [-0.15, -0.1) is 0 Å². The minimum Gasteiger partial charge on any atom is -0.382 e. The highest BCUT2D eigenvalue weighted by Crippen LogP contribution is 2.29. The van der Waals surface area contributed by atoms with E-state index in [9.17, 15) is 4.79 Å². The number of nitrogens with zero attached hydrogens (tertiary/aromatic N) is 3. The number of rotatable bonds is 6. The molecule has 0 aliphatic carbocycles. The first-order chi connectivity index (χ1) is 14.6. The maximum Gasteiger partial charge on any atom is 0.212 e. The van der Waals surface area contributed by atoms with Gasteiger partial charge in [-0.2, -0.15) is 5.10 Å². The maximum atomic E-state index is 13.5. The lowest BCUT2D eigenvalue weighted by Crippen LogP contribution is -2.16. The van der Waals surface area contributed by atoms with Crippen molar-refractivity contribution in [3.63, 3.8) is 0 Å². The Morgan fingerprint density at radius 1 is 0.800 bits per heavy atom. The van der Waals surface area contributed by atoms with Gasteiger partial charge < -0.3 is 4.90 Å². The fraction of sp³-hybridized carbons (Fsp3) is 0.0769. The molecule has 30 heavy (non-hydrogen) atoms. The molecule has 0 saturated carbocycles. The number of aromatic nitrogens is 2. The molecule has 0 spiro atoms. The molecule has 0 atom stereocenters. The minimum absolute atomic E-state index is 0.0795. The van der Waals surface area contributed by atoms with E-state index in [4.69, 9.17) is 5.10 Å². The van der Waals surface area contributed by atoms with Crippen LogP contribution in [0.3, 0.4) is 0 Å². The van der Waals surface area contributed by atoms with Gasteiger partial charge in [-0.25, -0.2) is 4.68 Å². The van der Waals surface area contributed by atoms with Crippen molar-refractivity contribution in [2.75, 3.05) is 14.1 Å². The monoisotopic (exact) mass is 393 g/mol. The van der Waals surface area contributed by atoms with E-state index >= 15 is 0 Å². The molecule has 148 valence electrons. The molecule has 3 aromatic carbocycles. The first kappa shape index (κ1) is 19.4. The van der Waals surface area contributed by atoms with Crippen molar-refractivity contribution in [2.45, 2.75) is 0 Å². The van der Waals surface area contributed by atoms with Gasteiger partial charge in [-0.1, -0.05) is 91.0 Å². The summed E-state index contributed by atoms with van der Waals surface area (Å²) in [6.07, 6.45) is 1.82. The fourth-order valence-electron chi connectivity index (χ4n) is 3.32. The van der Waals surface area contributed by atoms with Crippen molar-refractivity contribution in [1.82, 2.24) is 14.7 Å². The highest BCUT2D eigenvalue weighted by atomic mass is 16.1. The van der Waals surface area contributed by atoms with Gasteiger partial charge >= 0.3 is 0 Å². The van der Waals surface area contributed by atoms with E-state index in [1.165, 1.54) is 0 Å². The molecule has 0 amide bonds. The molecule has 1 aromatic heterocycles. The molecule has 0 fully saturated rings. The summed E-state index contributed by atoms with van der Waals surface area (Å²) < 4.78 is 1.76. The van der Waals surface area contributed by atoms with Crippen LogP contribution in [0.15, 0.2) is 103 Å². The normalized spacial score (nSPS) is 11.3. The number of benzene rings is 3. The van der Waals surface area contributed by atoms with Crippen LogP contribution < -0.4 is 0 Å². The fourth-order valence-corrected chi connectivity index (χ4v) is 3.32. The second kappa shape index (κ2) is 8.62. The summed E-state index contributed by atoms with van der Waals surface area (Å²) in [4.78, 5) is 15.3. The van der Waals surface area contributed by atoms with Crippen LogP contribution in [0.25, 0.3) is 28.2 Å². The Kier molecular flexibility index (Phi) is 5.57. The Morgan fingerprint density at radius 3 is 1.90 bits per heavy atom. The van der Waals surface area contributed by atoms with Crippen molar-refractivity contribution >= 4 is 11.5 Å². The predicted molar refractivity (Wildman–Crippen MR) is 122 cm³/mol. The Balaban J connectivity index is 1.92. The standard InChI is InChI=1S/C26H23N3O/c1-28(2)19-25(26(30)22-16-10-5-11-17-22)29-24(21-14-8-4-9-15-21)18-23(27-29)20-12-6-3-7-13-20/h3-19H,1-2H3/b25-19-. The molecule has 4 nitrogen and oxygen atoms in total. The van der Waals surface area contributed by atoms with Gasteiger partial charge in [-0.3, -0.25) is 4.79 Å². The summed E-state index contributed by atoms with van der Waals surface area (Å²) in [5, 5.41) is 4.86. The lowest BCUT2D eigenvalue weighted by Gasteiger charge is -2.14. The van der Waals surface area contributed by atoms with Gasteiger partial charge in [0.15, 0.2) is 0 Å². The summed E-state index contributed by atoms with van der Waals surface area (Å²) in [7, 11) is 3.81. The van der Waals surface area contributed by atoms with Crippen LogP contribution in [-0.2, 0) is 0 Å². The third-order valence-electron chi connectivity index (χ3n) is 4.73. The van der Waals surface area contributed by atoms with Crippen molar-refractivity contribution in [3.05, 3.63) is 109 Å². The van der Waals surface area contributed by atoms with Crippen LogP contribution in [0.1, 0.15) is 10.4 Å². The molecule has 4 heteroatoms. The number of hydrogen-bond acceptors (Lipinski definition) is 3. The molecule has 0 radical (unpaired) electrons. The second-order valence-corrected chi connectivity index (χ2v) is 7.23. The van der Waals surface area contributed by atoms with Crippen molar-refractivity contribution in [2.24, 2.45) is 0 Å². The van der Waals surface area contributed by atoms with Gasteiger partial charge in [0.1, 0.15) is 5.70 Å². The number of Topliss-reactive ketones (excluding diaryl/α,β-unsaturated/α-hetero) is 1. The number of ketones is 1. The van der Waals surface area contributed by atoms with E-state index in [0.717, 1.165) is 22.5 Å². The molecule has 0 N–H and O–H groups in total. The highest BCUT2D eigenvalue weighted by Gasteiger charge is 2.21. The van der Waals surface area contributed by atoms with E-state index in [0.29, 0.717) is 11.3 Å². The average molecular weight is 393 g/mol. The van der Waals surface area contributed by atoms with Gasteiger partial charge in [0.2, 0.25) is 5.78 Å². The zero-order chi connectivity index (χ0) is 20.9. The first-order valence-corrected chi connectivity index (χ1v) is 9.83. The molecule has 4 rings (SSSR count). The van der Waals surface area contributed by atoms with Gasteiger partial charge in [0.25, 0.3) is 0 Å². The van der Waals surface area contributed by atoms with Gasteiger partial charge in [0.05, 0.1) is 11.4 Å². The smallest absolute Gasteiger partial charge is 0.212 e. The van der Waals surface area contributed by atoms with E-state index in [2.05, 4.69) is 0 Å². The SMILES string of the molecule is CN(C)/C=C(/C(=O)c1ccccc1)n1nc(-c2ccccc2)cc1-c1ccccc1. The lowest BCUT2D eigenvalue weighted by atomic mass is 10.1. The quantitative estimate of drug-likeness (QED) is 0.322. The highest BCUT2D eigenvalue weighted by molar-refractivity contribution is 6.24. The number of carbonyl (C=O) groups excluding carboxylic acids is 1. The lowest BCUT2D eigenvalue weighted by molar-refractivity contribution is 0.104. The zero-order valence-electron chi connectivity index (χ0n) is 17.1. The third kappa shape index (κ3) is 4.08. The third-order valence-corrected chi connectivity index (χ3v) is 4.73. The summed E-state index contributed by atoms with van der Waals surface area (Å²) in [6.45, 7) is 0. The molecule has 0 aliphatic heterocycles. The number of allylic oxidation sites excluding steroid dienone is 1. The minimum atomic E-state index is -0.0795. The maximum absolute atomic E-state index is 13.5. The summed E-state index contributed by atoms with van der Waals surface area (Å²) in [5.41, 5.74) is 4.81. The topological polar surface area (TPSA) is 38.1 Å². The largest absolute Gasteiger partial charge is 0.382 e. The van der Waals surface area contributed by atoms with E-state index < -0.39 is 0 Å². The molecule has 0 saturated heterocycles. The second-order valence-electron chi connectivity index (χ2n) is 7.23. The summed E-state index contributed by atoms with van der Waals surface area (Å²) in [6, 6.07) is 31.4. The van der Waals surface area contributed by atoms with Gasteiger partial charge in [0, 0.05) is 37.0 Å². The molecule has 1 heterocycles. The summed E-state index contributed by atoms with van der Waals surface area (Å²) in [5.74, 6) is -0.0795. The zero-order valence-corrected chi connectivity index (χ0v) is 17.1.